The molecule has 0 heterocycles. The van der Waals surface area contributed by atoms with Gasteiger partial charge in [-0.05, 0) is 18.8 Å². The largest absolute Gasteiger partial charge is 0.271 e. The third-order valence-electron chi connectivity index (χ3n) is 2.35. The van der Waals surface area contributed by atoms with Gasteiger partial charge in [-0.15, -0.1) is 0 Å². The summed E-state index contributed by atoms with van der Waals surface area (Å²) < 4.78 is 25.4. The normalized spacial score (nSPS) is 22.9. The molecule has 0 bridgehead atoms. The average molecular weight is 164 g/mol. The molecule has 4 heteroatoms. The Labute approximate surface area is 65.1 Å². The Hall–Kier alpha value is -0.220. The van der Waals surface area contributed by atoms with Gasteiger partial charge in [0.15, 0.2) is 0 Å². The minimum absolute atomic E-state index is 0.0694. The lowest BCUT2D eigenvalue weighted by Gasteiger charge is -2.36. The fourth-order valence-corrected chi connectivity index (χ4v) is 1.47. The first-order valence-corrected chi connectivity index (χ1v) is 3.89. The number of hydrogen-bond donors (Lipinski definition) is 2. The molecule has 1 fully saturated rings. The van der Waals surface area contributed by atoms with Crippen molar-refractivity contribution in [2.24, 2.45) is 11.8 Å². The summed E-state index contributed by atoms with van der Waals surface area (Å²) in [5.41, 5.74) is 2.19. The number of hydrazine groups is 1. The molecule has 3 N–H and O–H groups in total. The second-order valence-electron chi connectivity index (χ2n) is 3.29. The highest BCUT2D eigenvalue weighted by Crippen LogP contribution is 2.35. The predicted molar refractivity (Wildman–Crippen MR) is 39.1 cm³/mol. The van der Waals surface area contributed by atoms with Crippen LogP contribution in [0.2, 0.25) is 0 Å². The maximum absolute atomic E-state index is 12.7. The maximum Gasteiger partial charge on any atom is 0.261 e. The standard InChI is InChI=1S/C7H14F2N2/c1-7(8,9)6(11-10)5-3-2-4-5/h5-6,11H,2-4,10H2,1H3. The first kappa shape index (κ1) is 8.87. The highest BCUT2D eigenvalue weighted by Gasteiger charge is 2.41. The maximum atomic E-state index is 12.7. The summed E-state index contributed by atoms with van der Waals surface area (Å²) in [6.07, 6.45) is 2.80. The zero-order chi connectivity index (χ0) is 8.48. The van der Waals surface area contributed by atoms with E-state index >= 15 is 0 Å². The number of nitrogens with one attached hydrogen (secondary N) is 1. The van der Waals surface area contributed by atoms with Crippen molar-refractivity contribution in [3.05, 3.63) is 0 Å². The fourth-order valence-electron chi connectivity index (χ4n) is 1.47. The number of hydrogen-bond acceptors (Lipinski definition) is 2. The summed E-state index contributed by atoms with van der Waals surface area (Å²) in [6, 6.07) is -0.837. The molecule has 0 saturated heterocycles. The van der Waals surface area contributed by atoms with E-state index in [-0.39, 0.29) is 5.92 Å². The van der Waals surface area contributed by atoms with E-state index in [0.29, 0.717) is 0 Å². The second-order valence-corrected chi connectivity index (χ2v) is 3.29. The minimum Gasteiger partial charge on any atom is -0.271 e. The van der Waals surface area contributed by atoms with Crippen molar-refractivity contribution in [1.29, 1.82) is 0 Å². The molecule has 0 radical (unpaired) electrons. The Bertz CT molecular complexity index is 129. The van der Waals surface area contributed by atoms with Crippen molar-refractivity contribution < 1.29 is 8.78 Å². The predicted octanol–water partition coefficient (Wildman–Crippen LogP) is 1.27. The van der Waals surface area contributed by atoms with Crippen LogP contribution < -0.4 is 11.3 Å². The topological polar surface area (TPSA) is 38.0 Å². The van der Waals surface area contributed by atoms with Crippen LogP contribution in [-0.2, 0) is 0 Å². The van der Waals surface area contributed by atoms with E-state index in [4.69, 9.17) is 5.84 Å². The Kier molecular flexibility index (Phi) is 2.44. The van der Waals surface area contributed by atoms with E-state index in [1.54, 1.807) is 0 Å². The van der Waals surface area contributed by atoms with Gasteiger partial charge in [-0.1, -0.05) is 6.42 Å². The van der Waals surface area contributed by atoms with Crippen molar-refractivity contribution in [2.45, 2.75) is 38.2 Å². The van der Waals surface area contributed by atoms with Crippen LogP contribution in [0.1, 0.15) is 26.2 Å². The minimum atomic E-state index is -2.69. The molecule has 1 unspecified atom stereocenters. The summed E-state index contributed by atoms with van der Waals surface area (Å²) in [4.78, 5) is 0. The van der Waals surface area contributed by atoms with Crippen LogP contribution in [0.4, 0.5) is 8.78 Å². The second kappa shape index (κ2) is 3.03. The van der Waals surface area contributed by atoms with Crippen molar-refractivity contribution in [2.75, 3.05) is 0 Å². The van der Waals surface area contributed by atoms with Gasteiger partial charge in [0.1, 0.15) is 0 Å². The first-order valence-electron chi connectivity index (χ1n) is 3.89. The highest BCUT2D eigenvalue weighted by atomic mass is 19.3. The van der Waals surface area contributed by atoms with Gasteiger partial charge in [0.2, 0.25) is 0 Å². The van der Waals surface area contributed by atoms with Crippen LogP contribution in [0.25, 0.3) is 0 Å². The monoisotopic (exact) mass is 164 g/mol. The summed E-state index contributed by atoms with van der Waals surface area (Å²) in [7, 11) is 0. The lowest BCUT2D eigenvalue weighted by Crippen LogP contribution is -2.53. The Morgan fingerprint density at radius 3 is 2.18 bits per heavy atom. The Balaban J connectivity index is 2.48. The van der Waals surface area contributed by atoms with E-state index in [0.717, 1.165) is 26.2 Å². The van der Waals surface area contributed by atoms with Crippen molar-refractivity contribution in [1.82, 2.24) is 5.43 Å². The molecule has 0 aliphatic heterocycles. The quantitative estimate of drug-likeness (QED) is 0.487. The number of rotatable bonds is 3. The summed E-state index contributed by atoms with van der Waals surface area (Å²) in [6.45, 7) is 0.913. The fraction of sp³-hybridized carbons (Fsp3) is 1.00. The molecule has 2 nitrogen and oxygen atoms in total. The van der Waals surface area contributed by atoms with E-state index < -0.39 is 12.0 Å². The Morgan fingerprint density at radius 1 is 1.55 bits per heavy atom. The molecule has 0 aromatic carbocycles. The molecule has 0 aromatic rings. The zero-order valence-corrected chi connectivity index (χ0v) is 6.61. The van der Waals surface area contributed by atoms with Crippen molar-refractivity contribution in [3.8, 4) is 0 Å². The molecule has 66 valence electrons. The number of halogens is 2. The van der Waals surface area contributed by atoms with E-state index in [1.165, 1.54) is 0 Å². The van der Waals surface area contributed by atoms with Gasteiger partial charge in [-0.3, -0.25) is 11.3 Å². The van der Waals surface area contributed by atoms with Crippen LogP contribution in [0.15, 0.2) is 0 Å². The lowest BCUT2D eigenvalue weighted by atomic mass is 9.78. The molecular weight excluding hydrogens is 150 g/mol. The number of alkyl halides is 2. The van der Waals surface area contributed by atoms with E-state index in [2.05, 4.69) is 5.43 Å². The lowest BCUT2D eigenvalue weighted by molar-refractivity contribution is -0.0516. The molecule has 1 aliphatic carbocycles. The van der Waals surface area contributed by atoms with Crippen LogP contribution in [-0.4, -0.2) is 12.0 Å². The molecule has 11 heavy (non-hydrogen) atoms. The van der Waals surface area contributed by atoms with E-state index in [1.807, 2.05) is 0 Å². The van der Waals surface area contributed by atoms with Gasteiger partial charge in [0.05, 0.1) is 6.04 Å². The van der Waals surface area contributed by atoms with Gasteiger partial charge >= 0.3 is 0 Å². The molecule has 1 aliphatic rings. The smallest absolute Gasteiger partial charge is 0.261 e. The molecule has 1 saturated carbocycles. The molecule has 0 spiro atoms. The van der Waals surface area contributed by atoms with Gasteiger partial charge in [-0.25, -0.2) is 8.78 Å². The van der Waals surface area contributed by atoms with Crippen molar-refractivity contribution in [3.63, 3.8) is 0 Å². The summed E-state index contributed by atoms with van der Waals surface area (Å²) >= 11 is 0. The van der Waals surface area contributed by atoms with Crippen molar-refractivity contribution >= 4 is 0 Å². The highest BCUT2D eigenvalue weighted by molar-refractivity contribution is 4.88. The van der Waals surface area contributed by atoms with Crippen LogP contribution in [0.3, 0.4) is 0 Å². The summed E-state index contributed by atoms with van der Waals surface area (Å²) in [5, 5.41) is 0. The van der Waals surface area contributed by atoms with E-state index in [9.17, 15) is 8.78 Å². The van der Waals surface area contributed by atoms with Crippen LogP contribution >= 0.6 is 0 Å². The van der Waals surface area contributed by atoms with Crippen LogP contribution in [0.5, 0.6) is 0 Å². The number of nitrogens with two attached hydrogens (primary N) is 1. The molecule has 1 rings (SSSR count). The molecule has 0 aromatic heterocycles. The Morgan fingerprint density at radius 2 is 2.09 bits per heavy atom. The van der Waals surface area contributed by atoms with Gasteiger partial charge in [-0.2, -0.15) is 0 Å². The average Bonchev–Trinajstić information content (AvgIpc) is 1.74. The SMILES string of the molecule is CC(F)(F)C(NN)C1CCC1. The van der Waals surface area contributed by atoms with Gasteiger partial charge < -0.3 is 0 Å². The zero-order valence-electron chi connectivity index (χ0n) is 6.61. The van der Waals surface area contributed by atoms with Gasteiger partial charge in [0.25, 0.3) is 5.92 Å². The molecule has 1 atom stereocenters. The van der Waals surface area contributed by atoms with Gasteiger partial charge in [0, 0.05) is 6.92 Å². The molecule has 0 amide bonds. The third-order valence-corrected chi connectivity index (χ3v) is 2.35. The van der Waals surface area contributed by atoms with Crippen LogP contribution in [0, 0.1) is 5.92 Å². The summed E-state index contributed by atoms with van der Waals surface area (Å²) in [5.74, 6) is 2.41. The third kappa shape index (κ3) is 1.87. The molecular formula is C7H14F2N2. The first-order chi connectivity index (χ1) is 5.05.